The lowest BCUT2D eigenvalue weighted by Crippen LogP contribution is -2.33. The molecule has 0 aliphatic carbocycles. The molecule has 2 unspecified atom stereocenters. The van der Waals surface area contributed by atoms with Gasteiger partial charge in [0.25, 0.3) is 0 Å². The molecule has 15 heteroatoms. The number of phosphoric acid groups is 1. The SMILES string of the molecule is CCCSc1nc(NCCN(C)C)c2ncn([C@@H]3O[C@H](COP(=O)(O)O)C(O)C3O)c2n1. The summed E-state index contributed by atoms with van der Waals surface area (Å²) in [5.74, 6) is 1.36. The largest absolute Gasteiger partial charge is 0.469 e. The standard InChI is InChI=1S/C17H29N6O7PS/c1-4-7-32-17-20-14(18-5-6-22(2)3)11-15(21-17)23(9-19-11)16-13(25)12(24)10(30-16)8-29-31(26,27)28/h9-10,12-13,16,24-25H,4-8H2,1-3H3,(H,18,20,21)(H2,26,27,28)/t10-,12?,13?,16-/m1/s1. The number of phosphoric ester groups is 1. The van der Waals surface area contributed by atoms with Gasteiger partial charge in [-0.3, -0.25) is 9.09 Å². The van der Waals surface area contributed by atoms with Gasteiger partial charge in [-0.2, -0.15) is 0 Å². The average Bonchev–Trinajstić information content (AvgIpc) is 3.25. The van der Waals surface area contributed by atoms with Gasteiger partial charge in [0.2, 0.25) is 0 Å². The van der Waals surface area contributed by atoms with Crippen molar-refractivity contribution in [3.05, 3.63) is 6.33 Å². The zero-order valence-electron chi connectivity index (χ0n) is 18.0. The van der Waals surface area contributed by atoms with Crippen LogP contribution in [0.3, 0.4) is 0 Å². The second-order valence-electron chi connectivity index (χ2n) is 7.59. The van der Waals surface area contributed by atoms with Gasteiger partial charge in [-0.25, -0.2) is 19.5 Å². The predicted octanol–water partition coefficient (Wildman–Crippen LogP) is 0.0304. The molecule has 0 spiro atoms. The molecule has 0 radical (unpaired) electrons. The van der Waals surface area contributed by atoms with Crippen LogP contribution in [0.1, 0.15) is 19.6 Å². The minimum atomic E-state index is -4.75. The maximum atomic E-state index is 11.0. The Labute approximate surface area is 189 Å². The van der Waals surface area contributed by atoms with Crippen LogP contribution >= 0.6 is 19.6 Å². The highest BCUT2D eigenvalue weighted by atomic mass is 32.2. The van der Waals surface area contributed by atoms with E-state index in [0.29, 0.717) is 28.7 Å². The Hall–Kier alpha value is -1.35. The second kappa shape index (κ2) is 10.7. The Balaban J connectivity index is 1.89. The predicted molar refractivity (Wildman–Crippen MR) is 117 cm³/mol. The number of aliphatic hydroxyl groups is 2. The van der Waals surface area contributed by atoms with Gasteiger partial charge in [0.15, 0.2) is 28.4 Å². The first kappa shape index (κ1) is 25.3. The molecule has 32 heavy (non-hydrogen) atoms. The first-order chi connectivity index (χ1) is 15.1. The number of fused-ring (bicyclic) bond motifs is 1. The van der Waals surface area contributed by atoms with Crippen LogP contribution in [0.25, 0.3) is 11.2 Å². The fourth-order valence-electron chi connectivity index (χ4n) is 3.13. The van der Waals surface area contributed by atoms with Crippen LogP contribution in [0.2, 0.25) is 0 Å². The summed E-state index contributed by atoms with van der Waals surface area (Å²) < 4.78 is 22.6. The van der Waals surface area contributed by atoms with Crippen molar-refractivity contribution in [2.24, 2.45) is 0 Å². The number of hydrogen-bond donors (Lipinski definition) is 5. The van der Waals surface area contributed by atoms with E-state index >= 15 is 0 Å². The van der Waals surface area contributed by atoms with Gasteiger partial charge in [0, 0.05) is 18.8 Å². The van der Waals surface area contributed by atoms with Crippen molar-refractivity contribution in [1.29, 1.82) is 0 Å². The number of ether oxygens (including phenoxy) is 1. The van der Waals surface area contributed by atoms with Crippen LogP contribution in [0.4, 0.5) is 5.82 Å². The van der Waals surface area contributed by atoms with E-state index < -0.39 is 39.0 Å². The molecule has 0 bridgehead atoms. The molecule has 1 saturated heterocycles. The van der Waals surface area contributed by atoms with E-state index in [1.165, 1.54) is 22.7 Å². The minimum absolute atomic E-state index is 0.402. The molecular formula is C17H29N6O7PS. The van der Waals surface area contributed by atoms with Crippen molar-refractivity contribution >= 4 is 36.6 Å². The lowest BCUT2D eigenvalue weighted by atomic mass is 10.1. The Morgan fingerprint density at radius 3 is 2.72 bits per heavy atom. The van der Waals surface area contributed by atoms with Crippen LogP contribution in [-0.2, 0) is 13.8 Å². The topological polar surface area (TPSA) is 175 Å². The maximum absolute atomic E-state index is 11.0. The van der Waals surface area contributed by atoms with Crippen molar-refractivity contribution in [2.75, 3.05) is 44.9 Å². The molecule has 2 aromatic rings. The molecule has 1 fully saturated rings. The van der Waals surface area contributed by atoms with Crippen molar-refractivity contribution < 1.29 is 33.8 Å². The summed E-state index contributed by atoms with van der Waals surface area (Å²) in [6.45, 7) is 2.87. The molecule has 3 heterocycles. The molecule has 0 amide bonds. The number of anilines is 1. The Bertz CT molecular complexity index is 957. The Kier molecular flexibility index (Phi) is 8.47. The molecule has 2 aromatic heterocycles. The average molecular weight is 492 g/mol. The monoisotopic (exact) mass is 492 g/mol. The molecule has 5 N–H and O–H groups in total. The summed E-state index contributed by atoms with van der Waals surface area (Å²) in [6.07, 6.45) is -2.66. The Morgan fingerprint density at radius 1 is 1.31 bits per heavy atom. The van der Waals surface area contributed by atoms with E-state index in [-0.39, 0.29) is 0 Å². The highest BCUT2D eigenvalue weighted by Crippen LogP contribution is 2.39. The van der Waals surface area contributed by atoms with E-state index in [1.807, 2.05) is 19.0 Å². The quantitative estimate of drug-likeness (QED) is 0.161. The van der Waals surface area contributed by atoms with Crippen LogP contribution in [0.5, 0.6) is 0 Å². The first-order valence-corrected chi connectivity index (χ1v) is 12.6. The molecule has 3 rings (SSSR count). The van der Waals surface area contributed by atoms with Crippen LogP contribution in [0.15, 0.2) is 11.5 Å². The van der Waals surface area contributed by atoms with Gasteiger partial charge >= 0.3 is 7.82 Å². The third-order valence-electron chi connectivity index (χ3n) is 4.71. The molecule has 13 nitrogen and oxygen atoms in total. The minimum Gasteiger partial charge on any atom is -0.387 e. The first-order valence-electron chi connectivity index (χ1n) is 10.1. The van der Waals surface area contributed by atoms with Crippen LogP contribution in [-0.4, -0.2) is 102 Å². The summed E-state index contributed by atoms with van der Waals surface area (Å²) >= 11 is 1.48. The van der Waals surface area contributed by atoms with Crippen molar-refractivity contribution in [3.63, 3.8) is 0 Å². The van der Waals surface area contributed by atoms with Gasteiger partial charge in [-0.1, -0.05) is 18.7 Å². The lowest BCUT2D eigenvalue weighted by molar-refractivity contribution is -0.0504. The molecule has 1 aliphatic heterocycles. The number of thioether (sulfide) groups is 1. The van der Waals surface area contributed by atoms with E-state index in [9.17, 15) is 14.8 Å². The third-order valence-corrected chi connectivity index (χ3v) is 6.24. The fraction of sp³-hybridized carbons (Fsp3) is 0.706. The van der Waals surface area contributed by atoms with Gasteiger partial charge in [-0.15, -0.1) is 0 Å². The van der Waals surface area contributed by atoms with E-state index in [0.717, 1.165) is 18.7 Å². The van der Waals surface area contributed by atoms with Crippen LogP contribution < -0.4 is 5.32 Å². The van der Waals surface area contributed by atoms with E-state index in [4.69, 9.17) is 14.5 Å². The molecular weight excluding hydrogens is 463 g/mol. The number of nitrogens with zero attached hydrogens (tertiary/aromatic N) is 5. The Morgan fingerprint density at radius 2 is 2.06 bits per heavy atom. The second-order valence-corrected chi connectivity index (χ2v) is 9.89. The lowest BCUT2D eigenvalue weighted by Gasteiger charge is -2.17. The number of aliphatic hydroxyl groups excluding tert-OH is 2. The highest BCUT2D eigenvalue weighted by Gasteiger charge is 2.45. The van der Waals surface area contributed by atoms with Gasteiger partial charge < -0.3 is 35.0 Å². The number of likely N-dealkylation sites (N-methyl/N-ethyl adjacent to an activating group) is 1. The number of hydrogen-bond acceptors (Lipinski definition) is 11. The number of imidazole rings is 1. The number of rotatable bonds is 11. The van der Waals surface area contributed by atoms with Crippen LogP contribution in [0, 0.1) is 0 Å². The van der Waals surface area contributed by atoms with E-state index in [2.05, 4.69) is 31.7 Å². The zero-order chi connectivity index (χ0) is 23.5. The summed E-state index contributed by atoms with van der Waals surface area (Å²) in [7, 11) is -0.825. The number of nitrogens with one attached hydrogen (secondary N) is 1. The normalized spacial score (nSPS) is 24.0. The van der Waals surface area contributed by atoms with E-state index in [1.54, 1.807) is 0 Å². The van der Waals surface area contributed by atoms with Crippen molar-refractivity contribution in [1.82, 2.24) is 24.4 Å². The molecule has 0 aromatic carbocycles. The smallest absolute Gasteiger partial charge is 0.387 e. The van der Waals surface area contributed by atoms with Gasteiger partial charge in [0.05, 0.1) is 12.9 Å². The summed E-state index contributed by atoms with van der Waals surface area (Å²) in [6, 6.07) is 0. The third kappa shape index (κ3) is 6.16. The summed E-state index contributed by atoms with van der Waals surface area (Å²) in [5, 5.41) is 24.6. The zero-order valence-corrected chi connectivity index (χ0v) is 19.7. The van der Waals surface area contributed by atoms with Gasteiger partial charge in [0.1, 0.15) is 18.3 Å². The molecule has 180 valence electrons. The molecule has 4 atom stereocenters. The highest BCUT2D eigenvalue weighted by molar-refractivity contribution is 7.99. The summed E-state index contributed by atoms with van der Waals surface area (Å²) in [4.78, 5) is 33.3. The van der Waals surface area contributed by atoms with Crippen molar-refractivity contribution in [3.8, 4) is 0 Å². The van der Waals surface area contributed by atoms with Crippen molar-refractivity contribution in [2.45, 2.75) is 43.0 Å². The van der Waals surface area contributed by atoms with Gasteiger partial charge in [-0.05, 0) is 20.5 Å². The maximum Gasteiger partial charge on any atom is 0.469 e. The molecule has 0 saturated carbocycles. The molecule has 1 aliphatic rings. The summed E-state index contributed by atoms with van der Waals surface area (Å²) in [5.41, 5.74) is 0.878. The number of aromatic nitrogens is 4. The fourth-order valence-corrected chi connectivity index (χ4v) is 4.16.